The number of hydrogen-bond donors (Lipinski definition) is 1. The van der Waals surface area contributed by atoms with Crippen LogP contribution in [0.2, 0.25) is 0 Å². The summed E-state index contributed by atoms with van der Waals surface area (Å²) in [6.45, 7) is 3.37. The second-order valence-electron chi connectivity index (χ2n) is 8.03. The molecular weight excluding hydrogens is 450 g/mol. The topological polar surface area (TPSA) is 104 Å². The summed E-state index contributed by atoms with van der Waals surface area (Å²) in [7, 11) is -7.43. The van der Waals surface area contributed by atoms with Crippen molar-refractivity contribution in [1.29, 1.82) is 0 Å². The molecule has 0 aliphatic carbocycles. The molecule has 2 aliphatic rings. The summed E-state index contributed by atoms with van der Waals surface area (Å²) in [6.07, 6.45) is 3.73. The van der Waals surface area contributed by atoms with Crippen LogP contribution in [0, 0.1) is 0 Å². The Hall–Kier alpha value is -2.43. The van der Waals surface area contributed by atoms with Gasteiger partial charge >= 0.3 is 0 Å². The van der Waals surface area contributed by atoms with E-state index >= 15 is 0 Å². The molecule has 4 rings (SSSR count). The second kappa shape index (κ2) is 8.84. The van der Waals surface area contributed by atoms with Crippen molar-refractivity contribution in [2.45, 2.75) is 48.8 Å². The Morgan fingerprint density at radius 3 is 2.22 bits per heavy atom. The number of nitrogens with zero attached hydrogens (tertiary/aromatic N) is 2. The third-order valence-electron chi connectivity index (χ3n) is 5.92. The maximum Gasteiger partial charge on any atom is 0.261 e. The Morgan fingerprint density at radius 1 is 0.906 bits per heavy atom. The van der Waals surface area contributed by atoms with E-state index in [0.717, 1.165) is 30.5 Å². The van der Waals surface area contributed by atoms with Gasteiger partial charge in [-0.3, -0.25) is 9.52 Å². The number of anilines is 2. The van der Waals surface area contributed by atoms with Crippen LogP contribution >= 0.6 is 0 Å². The zero-order valence-electron chi connectivity index (χ0n) is 18.0. The predicted octanol–water partition coefficient (Wildman–Crippen LogP) is 2.96. The fourth-order valence-electron chi connectivity index (χ4n) is 4.16. The molecule has 0 aromatic heterocycles. The molecule has 0 saturated carbocycles. The maximum absolute atomic E-state index is 12.9. The minimum Gasteiger partial charge on any atom is -0.312 e. The third kappa shape index (κ3) is 4.39. The number of piperidine rings is 1. The monoisotopic (exact) mass is 477 g/mol. The van der Waals surface area contributed by atoms with Crippen molar-refractivity contribution in [3.05, 3.63) is 48.0 Å². The second-order valence-corrected chi connectivity index (χ2v) is 11.7. The molecule has 2 aromatic carbocycles. The van der Waals surface area contributed by atoms with E-state index in [1.165, 1.54) is 34.6 Å². The lowest BCUT2D eigenvalue weighted by atomic mass is 10.2. The lowest BCUT2D eigenvalue weighted by molar-refractivity contribution is -0.118. The van der Waals surface area contributed by atoms with Gasteiger partial charge in [0.25, 0.3) is 10.0 Å². The molecule has 1 N–H and O–H groups in total. The molecule has 32 heavy (non-hydrogen) atoms. The molecule has 0 atom stereocenters. The maximum atomic E-state index is 12.9. The van der Waals surface area contributed by atoms with Crippen LogP contribution in [0.1, 0.15) is 38.2 Å². The summed E-state index contributed by atoms with van der Waals surface area (Å²) in [6, 6.07) is 10.5. The highest BCUT2D eigenvalue weighted by Gasteiger charge is 2.27. The molecule has 0 unspecified atom stereocenters. The fourth-order valence-corrected chi connectivity index (χ4v) is 6.78. The van der Waals surface area contributed by atoms with Gasteiger partial charge in [0.1, 0.15) is 0 Å². The lowest BCUT2D eigenvalue weighted by Gasteiger charge is -2.25. The highest BCUT2D eigenvalue weighted by atomic mass is 32.2. The highest BCUT2D eigenvalue weighted by molar-refractivity contribution is 7.92. The van der Waals surface area contributed by atoms with Crippen LogP contribution in [0.3, 0.4) is 0 Å². The molecule has 0 bridgehead atoms. The Kier molecular flexibility index (Phi) is 6.28. The fraction of sp³-hybridized carbons (Fsp3) is 0.409. The minimum absolute atomic E-state index is 0.0112. The van der Waals surface area contributed by atoms with Gasteiger partial charge in [-0.15, -0.1) is 0 Å². The summed E-state index contributed by atoms with van der Waals surface area (Å²) in [5.74, 6) is 0.0112. The molecule has 10 heteroatoms. The van der Waals surface area contributed by atoms with Crippen molar-refractivity contribution in [2.75, 3.05) is 29.3 Å². The van der Waals surface area contributed by atoms with Crippen molar-refractivity contribution in [3.63, 3.8) is 0 Å². The molecule has 1 saturated heterocycles. The Bertz CT molecular complexity index is 1220. The smallest absolute Gasteiger partial charge is 0.261 e. The van der Waals surface area contributed by atoms with E-state index in [-0.39, 0.29) is 21.4 Å². The van der Waals surface area contributed by atoms with Crippen LogP contribution in [0.15, 0.2) is 52.3 Å². The van der Waals surface area contributed by atoms with Gasteiger partial charge in [-0.05, 0) is 67.3 Å². The van der Waals surface area contributed by atoms with E-state index in [1.807, 2.05) is 0 Å². The van der Waals surface area contributed by atoms with E-state index in [9.17, 15) is 21.6 Å². The molecular formula is C22H27N3O5S2. The molecule has 1 amide bonds. The third-order valence-corrected chi connectivity index (χ3v) is 9.21. The van der Waals surface area contributed by atoms with E-state index in [0.29, 0.717) is 32.5 Å². The number of rotatable bonds is 6. The van der Waals surface area contributed by atoms with Gasteiger partial charge in [0.15, 0.2) is 0 Å². The first-order valence-corrected chi connectivity index (χ1v) is 13.7. The molecule has 2 heterocycles. The molecule has 0 spiro atoms. The Labute approximate surface area is 189 Å². The van der Waals surface area contributed by atoms with Crippen molar-refractivity contribution in [1.82, 2.24) is 4.31 Å². The van der Waals surface area contributed by atoms with Crippen LogP contribution in [0.25, 0.3) is 0 Å². The van der Waals surface area contributed by atoms with Gasteiger partial charge < -0.3 is 4.90 Å². The lowest BCUT2D eigenvalue weighted by Crippen LogP contribution is -2.35. The van der Waals surface area contributed by atoms with Crippen LogP contribution in [-0.4, -0.2) is 46.7 Å². The van der Waals surface area contributed by atoms with Crippen molar-refractivity contribution >= 4 is 37.3 Å². The number of amides is 1. The molecule has 2 aliphatic heterocycles. The summed E-state index contributed by atoms with van der Waals surface area (Å²) >= 11 is 0. The van der Waals surface area contributed by atoms with Crippen molar-refractivity contribution < 1.29 is 21.6 Å². The van der Waals surface area contributed by atoms with E-state index in [1.54, 1.807) is 24.0 Å². The van der Waals surface area contributed by atoms with Crippen LogP contribution in [0.5, 0.6) is 0 Å². The van der Waals surface area contributed by atoms with Gasteiger partial charge in [-0.25, -0.2) is 16.8 Å². The number of hydrogen-bond acceptors (Lipinski definition) is 5. The number of carbonyl (C=O) groups excluding carboxylic acids is 1. The summed E-state index contributed by atoms with van der Waals surface area (Å²) in [4.78, 5) is 14.0. The van der Waals surface area contributed by atoms with Gasteiger partial charge in [0.05, 0.1) is 9.79 Å². The number of fused-ring (bicyclic) bond motifs is 1. The van der Waals surface area contributed by atoms with E-state index in [2.05, 4.69) is 4.72 Å². The zero-order chi connectivity index (χ0) is 22.9. The van der Waals surface area contributed by atoms with E-state index in [4.69, 9.17) is 0 Å². The zero-order valence-corrected chi connectivity index (χ0v) is 19.6. The summed E-state index contributed by atoms with van der Waals surface area (Å²) in [5.41, 5.74) is 1.85. The van der Waals surface area contributed by atoms with Crippen LogP contribution < -0.4 is 9.62 Å². The number of nitrogens with one attached hydrogen (secondary N) is 1. The minimum atomic E-state index is -3.86. The molecule has 2 aromatic rings. The summed E-state index contributed by atoms with van der Waals surface area (Å²) < 4.78 is 55.3. The summed E-state index contributed by atoms with van der Waals surface area (Å²) in [5, 5.41) is 0. The van der Waals surface area contributed by atoms with Gasteiger partial charge in [0.2, 0.25) is 15.9 Å². The molecule has 1 fully saturated rings. The van der Waals surface area contributed by atoms with Crippen molar-refractivity contribution in [2.24, 2.45) is 0 Å². The average Bonchev–Trinajstić information content (AvgIpc) is 3.22. The first kappa shape index (κ1) is 22.8. The first-order chi connectivity index (χ1) is 15.2. The molecule has 0 radical (unpaired) electrons. The van der Waals surface area contributed by atoms with Crippen molar-refractivity contribution in [3.8, 4) is 0 Å². The van der Waals surface area contributed by atoms with Crippen LogP contribution in [-0.2, 0) is 31.3 Å². The number of sulfonamides is 2. The normalized spacial score (nSPS) is 17.2. The average molecular weight is 478 g/mol. The Balaban J connectivity index is 1.51. The first-order valence-electron chi connectivity index (χ1n) is 10.8. The van der Waals surface area contributed by atoms with Gasteiger partial charge in [-0.1, -0.05) is 13.3 Å². The largest absolute Gasteiger partial charge is 0.312 e. The number of carbonyl (C=O) groups is 1. The molecule has 8 nitrogen and oxygen atoms in total. The SMILES string of the molecule is CCC(=O)N1CCc2cc(S(=O)(=O)Nc3ccc(S(=O)(=O)N4CCCCC4)cc3)ccc21. The number of benzene rings is 2. The standard InChI is InChI=1S/C22H27N3O5S2/c1-2-22(26)25-15-12-17-16-20(10-11-21(17)25)31(27,28)23-18-6-8-19(9-7-18)32(29,30)24-13-4-3-5-14-24/h6-11,16,23H,2-5,12-15H2,1H3. The quantitative estimate of drug-likeness (QED) is 0.689. The van der Waals surface area contributed by atoms with Crippen LogP contribution in [0.4, 0.5) is 11.4 Å². The Morgan fingerprint density at radius 2 is 1.56 bits per heavy atom. The highest BCUT2D eigenvalue weighted by Crippen LogP contribution is 2.31. The van der Waals surface area contributed by atoms with Gasteiger partial charge in [-0.2, -0.15) is 4.31 Å². The van der Waals surface area contributed by atoms with Gasteiger partial charge in [0, 0.05) is 37.4 Å². The predicted molar refractivity (Wildman–Crippen MR) is 123 cm³/mol. The molecule has 172 valence electrons. The van der Waals surface area contributed by atoms with E-state index < -0.39 is 20.0 Å².